The van der Waals surface area contributed by atoms with Crippen LogP contribution in [0.5, 0.6) is 0 Å². The van der Waals surface area contributed by atoms with Crippen LogP contribution in [0.1, 0.15) is 10.6 Å². The van der Waals surface area contributed by atoms with Crippen molar-refractivity contribution in [3.63, 3.8) is 0 Å². The minimum Gasteiger partial charge on any atom is -0.349 e. The van der Waals surface area contributed by atoms with Crippen LogP contribution >= 0.6 is 15.9 Å². The average molecular weight is 311 g/mol. The lowest BCUT2D eigenvalue weighted by Crippen LogP contribution is -2.48. The van der Waals surface area contributed by atoms with Crippen molar-refractivity contribution < 1.29 is 4.79 Å². The summed E-state index contributed by atoms with van der Waals surface area (Å²) in [6, 6.07) is 0. The van der Waals surface area contributed by atoms with E-state index >= 15 is 0 Å². The maximum atomic E-state index is 11.8. The smallest absolute Gasteiger partial charge is 0.291 e. The minimum absolute atomic E-state index is 0.146. The number of fused-ring (bicyclic) bond motifs is 1. The molecule has 7 nitrogen and oxygen atoms in total. The quantitative estimate of drug-likeness (QED) is 0.823. The first kappa shape index (κ1) is 11.5. The highest BCUT2D eigenvalue weighted by molar-refractivity contribution is 9.10. The van der Waals surface area contributed by atoms with Gasteiger partial charge in [-0.1, -0.05) is 0 Å². The lowest BCUT2D eigenvalue weighted by molar-refractivity contribution is 0.0932. The number of aromatic nitrogens is 4. The first-order valence-electron chi connectivity index (χ1n) is 5.59. The van der Waals surface area contributed by atoms with Crippen LogP contribution in [-0.4, -0.2) is 45.1 Å². The van der Waals surface area contributed by atoms with Gasteiger partial charge >= 0.3 is 0 Å². The third-order valence-electron chi connectivity index (χ3n) is 2.78. The van der Waals surface area contributed by atoms with Gasteiger partial charge in [0.25, 0.3) is 11.7 Å². The SMILES string of the molecule is O=C(NCC1CNC1)c1nc2ncc(Br)cn2n1. The molecule has 0 unspecified atom stereocenters. The van der Waals surface area contributed by atoms with Crippen molar-refractivity contribution in [2.24, 2.45) is 5.92 Å². The van der Waals surface area contributed by atoms with Crippen molar-refractivity contribution >= 4 is 27.6 Å². The van der Waals surface area contributed by atoms with E-state index in [1.807, 2.05) is 0 Å². The highest BCUT2D eigenvalue weighted by atomic mass is 79.9. The zero-order chi connectivity index (χ0) is 12.5. The molecule has 2 N–H and O–H groups in total. The molecule has 0 saturated carbocycles. The van der Waals surface area contributed by atoms with E-state index in [2.05, 4.69) is 41.6 Å². The summed E-state index contributed by atoms with van der Waals surface area (Å²) in [5, 5.41) is 10.1. The fourth-order valence-corrected chi connectivity index (χ4v) is 1.96. The number of hydrogen-bond acceptors (Lipinski definition) is 5. The number of carbonyl (C=O) groups excluding carboxylic acids is 1. The molecule has 1 aliphatic heterocycles. The van der Waals surface area contributed by atoms with Crippen LogP contribution in [-0.2, 0) is 0 Å². The average Bonchev–Trinajstić information content (AvgIpc) is 2.69. The van der Waals surface area contributed by atoms with E-state index in [0.29, 0.717) is 18.2 Å². The molecule has 3 rings (SSSR count). The maximum absolute atomic E-state index is 11.8. The van der Waals surface area contributed by atoms with Crippen molar-refractivity contribution in [1.29, 1.82) is 0 Å². The molecule has 0 spiro atoms. The molecule has 0 atom stereocenters. The highest BCUT2D eigenvalue weighted by Gasteiger charge is 2.19. The summed E-state index contributed by atoms with van der Waals surface area (Å²) in [5.41, 5.74) is 0. The summed E-state index contributed by atoms with van der Waals surface area (Å²) in [5.74, 6) is 0.809. The van der Waals surface area contributed by atoms with E-state index in [1.54, 1.807) is 12.4 Å². The first-order valence-corrected chi connectivity index (χ1v) is 6.38. The van der Waals surface area contributed by atoms with Crippen LogP contribution in [0.25, 0.3) is 5.78 Å². The van der Waals surface area contributed by atoms with Crippen LogP contribution in [0.4, 0.5) is 0 Å². The van der Waals surface area contributed by atoms with E-state index in [9.17, 15) is 4.79 Å². The summed E-state index contributed by atoms with van der Waals surface area (Å²) in [6.45, 7) is 2.55. The van der Waals surface area contributed by atoms with Gasteiger partial charge in [-0.3, -0.25) is 4.79 Å². The first-order chi connectivity index (χ1) is 8.72. The predicted octanol–water partition coefficient (Wildman–Crippen LogP) is -0.164. The molecule has 94 valence electrons. The number of halogens is 1. The second kappa shape index (κ2) is 4.62. The zero-order valence-electron chi connectivity index (χ0n) is 9.43. The molecule has 0 aliphatic carbocycles. The molecule has 1 saturated heterocycles. The summed E-state index contributed by atoms with van der Waals surface area (Å²) in [6.07, 6.45) is 3.33. The van der Waals surface area contributed by atoms with Gasteiger partial charge in [-0.05, 0) is 15.9 Å². The second-order valence-corrected chi connectivity index (χ2v) is 5.10. The molecular formula is C10H11BrN6O. The summed E-state index contributed by atoms with van der Waals surface area (Å²) in [4.78, 5) is 20.0. The number of nitrogens with one attached hydrogen (secondary N) is 2. The normalized spacial score (nSPS) is 15.6. The lowest BCUT2D eigenvalue weighted by atomic mass is 10.0. The topological polar surface area (TPSA) is 84.2 Å². The van der Waals surface area contributed by atoms with Crippen LogP contribution in [0.3, 0.4) is 0 Å². The Labute approximate surface area is 111 Å². The van der Waals surface area contributed by atoms with Crippen LogP contribution in [0.15, 0.2) is 16.9 Å². The van der Waals surface area contributed by atoms with Crippen LogP contribution in [0.2, 0.25) is 0 Å². The van der Waals surface area contributed by atoms with Crippen molar-refractivity contribution in [2.45, 2.75) is 0 Å². The molecule has 3 heterocycles. The predicted molar refractivity (Wildman–Crippen MR) is 67.2 cm³/mol. The molecule has 2 aromatic heterocycles. The summed E-state index contributed by atoms with van der Waals surface area (Å²) < 4.78 is 2.26. The molecule has 1 fully saturated rings. The van der Waals surface area contributed by atoms with Gasteiger partial charge in [0.15, 0.2) is 0 Å². The van der Waals surface area contributed by atoms with Gasteiger partial charge in [0.05, 0.1) is 4.47 Å². The number of hydrogen-bond donors (Lipinski definition) is 2. The van der Waals surface area contributed by atoms with Gasteiger partial charge in [-0.25, -0.2) is 9.50 Å². The molecule has 0 bridgehead atoms. The van der Waals surface area contributed by atoms with Crippen LogP contribution < -0.4 is 10.6 Å². The summed E-state index contributed by atoms with van der Waals surface area (Å²) >= 11 is 3.29. The number of nitrogens with zero attached hydrogens (tertiary/aromatic N) is 4. The van der Waals surface area contributed by atoms with Gasteiger partial charge in [0, 0.05) is 37.9 Å². The third-order valence-corrected chi connectivity index (χ3v) is 3.19. The standard InChI is InChI=1S/C10H11BrN6O/c11-7-4-14-10-15-8(16-17(10)5-7)9(18)13-3-6-1-12-2-6/h4-6,12H,1-3H2,(H,13,18). The second-order valence-electron chi connectivity index (χ2n) is 4.19. The van der Waals surface area contributed by atoms with Crippen LogP contribution in [0, 0.1) is 5.92 Å². The van der Waals surface area contributed by atoms with E-state index in [-0.39, 0.29) is 11.7 Å². The van der Waals surface area contributed by atoms with Gasteiger partial charge in [-0.15, -0.1) is 5.10 Å². The fourth-order valence-electron chi connectivity index (χ4n) is 1.66. The Balaban J connectivity index is 1.74. The molecule has 1 amide bonds. The summed E-state index contributed by atoms with van der Waals surface area (Å²) in [7, 11) is 0. The molecule has 2 aromatic rings. The molecule has 0 aromatic carbocycles. The molecular weight excluding hydrogens is 300 g/mol. The van der Waals surface area contributed by atoms with Gasteiger partial charge in [-0.2, -0.15) is 4.98 Å². The fraction of sp³-hybridized carbons (Fsp3) is 0.400. The third kappa shape index (κ3) is 2.21. The van der Waals surface area contributed by atoms with Crippen molar-refractivity contribution in [3.8, 4) is 0 Å². The Kier molecular flexibility index (Phi) is 2.96. The zero-order valence-corrected chi connectivity index (χ0v) is 11.0. The maximum Gasteiger partial charge on any atom is 0.291 e. The minimum atomic E-state index is -0.261. The monoisotopic (exact) mass is 310 g/mol. The number of amides is 1. The van der Waals surface area contributed by atoms with Crippen molar-refractivity contribution in [2.75, 3.05) is 19.6 Å². The largest absolute Gasteiger partial charge is 0.349 e. The van der Waals surface area contributed by atoms with E-state index in [1.165, 1.54) is 4.52 Å². The lowest BCUT2D eigenvalue weighted by Gasteiger charge is -2.26. The Morgan fingerprint density at radius 1 is 1.61 bits per heavy atom. The van der Waals surface area contributed by atoms with Gasteiger partial charge < -0.3 is 10.6 Å². The van der Waals surface area contributed by atoms with Gasteiger partial charge in [0.2, 0.25) is 5.82 Å². The Hall–Kier alpha value is -1.54. The Morgan fingerprint density at radius 2 is 2.44 bits per heavy atom. The van der Waals surface area contributed by atoms with Gasteiger partial charge in [0.1, 0.15) is 0 Å². The highest BCUT2D eigenvalue weighted by Crippen LogP contribution is 2.07. The molecule has 1 aliphatic rings. The molecule has 18 heavy (non-hydrogen) atoms. The molecule has 0 radical (unpaired) electrons. The van der Waals surface area contributed by atoms with E-state index < -0.39 is 0 Å². The van der Waals surface area contributed by atoms with E-state index in [4.69, 9.17) is 0 Å². The number of rotatable bonds is 3. The molecule has 8 heteroatoms. The Bertz CT molecular complexity index is 593. The number of carbonyl (C=O) groups is 1. The van der Waals surface area contributed by atoms with E-state index in [0.717, 1.165) is 17.6 Å². The Morgan fingerprint density at radius 3 is 3.17 bits per heavy atom. The van der Waals surface area contributed by atoms with Crippen molar-refractivity contribution in [1.82, 2.24) is 30.2 Å². The van der Waals surface area contributed by atoms with Crippen molar-refractivity contribution in [3.05, 3.63) is 22.7 Å².